The molecule has 0 spiro atoms. The standard InChI is InChI=1S/C26H32Cl2N2O2S/c1-3-24(26(32)29-22-10-6-7-11-22)30(15-19-9-5-4-8-18(19)2)25(31)17-33-16-20-12-13-21(27)14-23(20)28/h4-5,8-9,12-14,22,24H,3,6-7,10-11,15-17H2,1-2H3,(H,29,32)/t24-/m0/s1. The van der Waals surface area contributed by atoms with Gasteiger partial charge in [0.1, 0.15) is 6.04 Å². The highest BCUT2D eigenvalue weighted by atomic mass is 35.5. The van der Waals surface area contributed by atoms with Crippen molar-refractivity contribution >= 4 is 46.8 Å². The Hall–Kier alpha value is -1.69. The first-order chi connectivity index (χ1) is 15.9. The third-order valence-electron chi connectivity index (χ3n) is 6.19. The second-order valence-electron chi connectivity index (χ2n) is 8.59. The van der Waals surface area contributed by atoms with E-state index in [1.165, 1.54) is 11.8 Å². The Morgan fingerprint density at radius 3 is 2.52 bits per heavy atom. The minimum Gasteiger partial charge on any atom is -0.352 e. The molecule has 0 bridgehead atoms. The first-order valence-electron chi connectivity index (χ1n) is 11.5. The van der Waals surface area contributed by atoms with Gasteiger partial charge in [0.25, 0.3) is 0 Å². The lowest BCUT2D eigenvalue weighted by molar-refractivity contribution is -0.139. The van der Waals surface area contributed by atoms with Gasteiger partial charge in [-0.15, -0.1) is 11.8 Å². The molecule has 0 unspecified atom stereocenters. The Bertz CT molecular complexity index is 963. The highest BCUT2D eigenvalue weighted by Gasteiger charge is 2.30. The second-order valence-corrected chi connectivity index (χ2v) is 10.4. The summed E-state index contributed by atoms with van der Waals surface area (Å²) in [6, 6.07) is 13.2. The minimum atomic E-state index is -0.488. The number of nitrogens with zero attached hydrogens (tertiary/aromatic N) is 1. The first kappa shape index (κ1) is 25.9. The molecule has 1 fully saturated rings. The third kappa shape index (κ3) is 7.40. The fourth-order valence-electron chi connectivity index (χ4n) is 4.23. The van der Waals surface area contributed by atoms with Gasteiger partial charge in [0.05, 0.1) is 5.75 Å². The molecule has 0 saturated heterocycles. The molecule has 2 aromatic carbocycles. The van der Waals surface area contributed by atoms with Crippen LogP contribution in [-0.2, 0) is 21.9 Å². The maximum absolute atomic E-state index is 13.4. The molecule has 4 nitrogen and oxygen atoms in total. The number of amides is 2. The van der Waals surface area contributed by atoms with Crippen LogP contribution >= 0.6 is 35.0 Å². The van der Waals surface area contributed by atoms with Gasteiger partial charge in [-0.25, -0.2) is 0 Å². The molecule has 0 aromatic heterocycles. The van der Waals surface area contributed by atoms with Crippen LogP contribution in [0.3, 0.4) is 0 Å². The molecule has 1 atom stereocenters. The molecule has 3 rings (SSSR count). The average Bonchev–Trinajstić information content (AvgIpc) is 3.29. The van der Waals surface area contributed by atoms with E-state index in [1.54, 1.807) is 17.0 Å². The number of carbonyl (C=O) groups excluding carboxylic acids is 2. The number of thioether (sulfide) groups is 1. The van der Waals surface area contributed by atoms with Gasteiger partial charge in [0.2, 0.25) is 11.8 Å². The lowest BCUT2D eigenvalue weighted by Crippen LogP contribution is -2.51. The molecule has 2 aromatic rings. The van der Waals surface area contributed by atoms with Crippen LogP contribution in [0.15, 0.2) is 42.5 Å². The summed E-state index contributed by atoms with van der Waals surface area (Å²) < 4.78 is 0. The predicted molar refractivity (Wildman–Crippen MR) is 139 cm³/mol. The van der Waals surface area contributed by atoms with E-state index in [4.69, 9.17) is 23.2 Å². The summed E-state index contributed by atoms with van der Waals surface area (Å²) in [6.07, 6.45) is 4.91. The number of hydrogen-bond acceptors (Lipinski definition) is 3. The molecule has 1 saturated carbocycles. The van der Waals surface area contributed by atoms with E-state index in [0.717, 1.165) is 42.4 Å². The van der Waals surface area contributed by atoms with E-state index >= 15 is 0 Å². The largest absolute Gasteiger partial charge is 0.352 e. The second kappa shape index (κ2) is 12.7. The zero-order valence-electron chi connectivity index (χ0n) is 19.3. The van der Waals surface area contributed by atoms with Crippen LogP contribution in [0.1, 0.15) is 55.7 Å². The average molecular weight is 508 g/mol. The van der Waals surface area contributed by atoms with Gasteiger partial charge in [-0.1, -0.05) is 73.3 Å². The Morgan fingerprint density at radius 2 is 1.85 bits per heavy atom. The zero-order chi connectivity index (χ0) is 23.8. The van der Waals surface area contributed by atoms with Gasteiger partial charge >= 0.3 is 0 Å². The zero-order valence-corrected chi connectivity index (χ0v) is 21.6. The van der Waals surface area contributed by atoms with Crippen molar-refractivity contribution < 1.29 is 9.59 Å². The van der Waals surface area contributed by atoms with E-state index in [1.807, 2.05) is 44.2 Å². The number of carbonyl (C=O) groups is 2. The molecule has 2 amide bonds. The minimum absolute atomic E-state index is 0.0400. The number of rotatable bonds is 10. The summed E-state index contributed by atoms with van der Waals surface area (Å²) in [5.41, 5.74) is 3.11. The Balaban J connectivity index is 1.72. The topological polar surface area (TPSA) is 49.4 Å². The molecule has 0 heterocycles. The fraction of sp³-hybridized carbons (Fsp3) is 0.462. The molecule has 1 aliphatic rings. The molecular formula is C26H32Cl2N2O2S. The first-order valence-corrected chi connectivity index (χ1v) is 13.5. The van der Waals surface area contributed by atoms with Gasteiger partial charge in [0.15, 0.2) is 0 Å². The maximum atomic E-state index is 13.4. The molecule has 1 N–H and O–H groups in total. The highest BCUT2D eigenvalue weighted by molar-refractivity contribution is 7.99. The van der Waals surface area contributed by atoms with Crippen LogP contribution in [0, 0.1) is 6.92 Å². The van der Waals surface area contributed by atoms with Crippen molar-refractivity contribution in [1.82, 2.24) is 10.2 Å². The lowest BCUT2D eigenvalue weighted by atomic mass is 10.1. The van der Waals surface area contributed by atoms with E-state index in [9.17, 15) is 9.59 Å². The van der Waals surface area contributed by atoms with Gasteiger partial charge < -0.3 is 10.2 Å². The van der Waals surface area contributed by atoms with Crippen molar-refractivity contribution in [2.75, 3.05) is 5.75 Å². The van der Waals surface area contributed by atoms with Gasteiger partial charge in [-0.3, -0.25) is 9.59 Å². The van der Waals surface area contributed by atoms with Crippen molar-refractivity contribution in [3.05, 3.63) is 69.2 Å². The molecule has 0 radical (unpaired) electrons. The van der Waals surface area contributed by atoms with Crippen LogP contribution in [0.4, 0.5) is 0 Å². The number of aryl methyl sites for hydroxylation is 1. The van der Waals surface area contributed by atoms with Gasteiger partial charge in [-0.2, -0.15) is 0 Å². The summed E-state index contributed by atoms with van der Waals surface area (Å²) in [6.45, 7) is 4.43. The van der Waals surface area contributed by atoms with Crippen LogP contribution in [0.2, 0.25) is 10.0 Å². The number of benzene rings is 2. The molecule has 178 valence electrons. The van der Waals surface area contributed by atoms with E-state index in [-0.39, 0.29) is 23.6 Å². The number of halogens is 2. The van der Waals surface area contributed by atoms with Crippen molar-refractivity contribution in [3.8, 4) is 0 Å². The SMILES string of the molecule is CC[C@@H](C(=O)NC1CCCC1)N(Cc1ccccc1C)C(=O)CSCc1ccc(Cl)cc1Cl. The van der Waals surface area contributed by atoms with E-state index in [0.29, 0.717) is 28.8 Å². The monoisotopic (exact) mass is 506 g/mol. The number of hydrogen-bond donors (Lipinski definition) is 1. The molecule has 0 aliphatic heterocycles. The van der Waals surface area contributed by atoms with Crippen molar-refractivity contribution in [2.45, 2.75) is 70.3 Å². The van der Waals surface area contributed by atoms with Crippen molar-refractivity contribution in [2.24, 2.45) is 0 Å². The Kier molecular flexibility index (Phi) is 9.96. The third-order valence-corrected chi connectivity index (χ3v) is 7.74. The number of nitrogens with one attached hydrogen (secondary N) is 1. The van der Waals surface area contributed by atoms with Crippen LogP contribution in [0.5, 0.6) is 0 Å². The lowest BCUT2D eigenvalue weighted by Gasteiger charge is -2.32. The van der Waals surface area contributed by atoms with Gasteiger partial charge in [-0.05, 0) is 55.0 Å². The predicted octanol–water partition coefficient (Wildman–Crippen LogP) is 6.40. The molecule has 1 aliphatic carbocycles. The Morgan fingerprint density at radius 1 is 1.12 bits per heavy atom. The van der Waals surface area contributed by atoms with Crippen LogP contribution in [-0.4, -0.2) is 34.6 Å². The molecular weight excluding hydrogens is 475 g/mol. The summed E-state index contributed by atoms with van der Waals surface area (Å²) in [7, 11) is 0. The Labute approximate surface area is 211 Å². The molecule has 7 heteroatoms. The van der Waals surface area contributed by atoms with Crippen LogP contribution in [0.25, 0.3) is 0 Å². The van der Waals surface area contributed by atoms with Crippen LogP contribution < -0.4 is 5.32 Å². The summed E-state index contributed by atoms with van der Waals surface area (Å²) in [4.78, 5) is 28.3. The normalized spacial score (nSPS) is 14.8. The van der Waals surface area contributed by atoms with E-state index < -0.39 is 6.04 Å². The van der Waals surface area contributed by atoms with Crippen molar-refractivity contribution in [3.63, 3.8) is 0 Å². The summed E-state index contributed by atoms with van der Waals surface area (Å²) in [5, 5.41) is 4.38. The fourth-order valence-corrected chi connectivity index (χ4v) is 5.70. The summed E-state index contributed by atoms with van der Waals surface area (Å²) >= 11 is 13.8. The highest BCUT2D eigenvalue weighted by Crippen LogP contribution is 2.26. The van der Waals surface area contributed by atoms with Gasteiger partial charge in [0, 0.05) is 28.4 Å². The maximum Gasteiger partial charge on any atom is 0.243 e. The smallest absolute Gasteiger partial charge is 0.243 e. The summed E-state index contributed by atoms with van der Waals surface area (Å²) in [5.74, 6) is 0.794. The van der Waals surface area contributed by atoms with Crippen molar-refractivity contribution in [1.29, 1.82) is 0 Å². The quantitative estimate of drug-likeness (QED) is 0.405. The van der Waals surface area contributed by atoms with E-state index in [2.05, 4.69) is 5.32 Å². The molecule has 33 heavy (non-hydrogen) atoms.